The normalized spacial score (nSPS) is 14.1. The lowest BCUT2D eigenvalue weighted by Gasteiger charge is -2.19. The summed E-state index contributed by atoms with van der Waals surface area (Å²) in [5, 5.41) is 8.05. The summed E-state index contributed by atoms with van der Waals surface area (Å²) < 4.78 is 0. The molecule has 0 amide bonds. The van der Waals surface area contributed by atoms with E-state index in [4.69, 9.17) is 0 Å². The summed E-state index contributed by atoms with van der Waals surface area (Å²) >= 11 is 0. The van der Waals surface area contributed by atoms with Crippen molar-refractivity contribution >= 4 is 11.9 Å². The predicted molar refractivity (Wildman–Crippen MR) is 185 cm³/mol. The van der Waals surface area contributed by atoms with E-state index in [-0.39, 0.29) is 5.92 Å². The van der Waals surface area contributed by atoms with E-state index in [1.165, 1.54) is 39.0 Å². The van der Waals surface area contributed by atoms with Crippen LogP contribution >= 0.6 is 0 Å². The van der Waals surface area contributed by atoms with E-state index in [1.54, 1.807) is 0 Å². The topological polar surface area (TPSA) is 36.4 Å². The Bertz CT molecular complexity index is 1670. The Balaban J connectivity index is 1.38. The summed E-state index contributed by atoms with van der Waals surface area (Å²) in [7, 11) is 1.83. The lowest BCUT2D eigenvalue weighted by molar-refractivity contribution is 0.893. The first kappa shape index (κ1) is 29.3. The van der Waals surface area contributed by atoms with Gasteiger partial charge in [-0.2, -0.15) is 5.10 Å². The molecule has 3 heteroatoms. The van der Waals surface area contributed by atoms with Crippen LogP contribution in [0.25, 0.3) is 22.3 Å². The molecule has 4 aromatic rings. The predicted octanol–water partition coefficient (Wildman–Crippen LogP) is 10.1. The van der Waals surface area contributed by atoms with Crippen molar-refractivity contribution in [2.24, 2.45) is 5.10 Å². The van der Waals surface area contributed by atoms with Gasteiger partial charge in [0.05, 0.1) is 0 Å². The molecule has 1 aliphatic carbocycles. The highest BCUT2D eigenvalue weighted by Gasteiger charge is 2.15. The quantitative estimate of drug-likeness (QED) is 0.109. The zero-order valence-corrected chi connectivity index (χ0v) is 25.0. The Labute approximate surface area is 256 Å². The molecule has 1 atom stereocenters. The van der Waals surface area contributed by atoms with Crippen LogP contribution in [0, 0.1) is 0 Å². The van der Waals surface area contributed by atoms with Gasteiger partial charge < -0.3 is 10.7 Å². The molecule has 0 aliphatic heterocycles. The molecular formula is C40H39N3. The maximum Gasteiger partial charge on any atom is 0.0461 e. The van der Waals surface area contributed by atoms with Gasteiger partial charge in [0.1, 0.15) is 0 Å². The summed E-state index contributed by atoms with van der Waals surface area (Å²) in [6.45, 7) is 6.33. The van der Waals surface area contributed by atoms with E-state index in [0.29, 0.717) is 0 Å². The Morgan fingerprint density at radius 1 is 0.791 bits per heavy atom. The average Bonchev–Trinajstić information content (AvgIpc) is 3.06. The van der Waals surface area contributed by atoms with Crippen molar-refractivity contribution in [3.8, 4) is 22.3 Å². The molecule has 43 heavy (non-hydrogen) atoms. The molecule has 0 fully saturated rings. The first-order chi connectivity index (χ1) is 21.2. The third kappa shape index (κ3) is 7.58. The second-order valence-corrected chi connectivity index (χ2v) is 10.5. The maximum absolute atomic E-state index is 4.42. The number of nitrogens with one attached hydrogen (secondary N) is 2. The van der Waals surface area contributed by atoms with Gasteiger partial charge in [-0.25, -0.2) is 0 Å². The smallest absolute Gasteiger partial charge is 0.0461 e. The highest BCUT2D eigenvalue weighted by Crippen LogP contribution is 2.31. The fraction of sp³-hybridized carbons (Fsp3) is 0.125. The van der Waals surface area contributed by atoms with E-state index < -0.39 is 0 Å². The Morgan fingerprint density at radius 3 is 2.21 bits per heavy atom. The summed E-state index contributed by atoms with van der Waals surface area (Å²) in [6.07, 6.45) is 16.5. The number of benzene rings is 4. The minimum absolute atomic E-state index is 0.00549. The van der Waals surface area contributed by atoms with Gasteiger partial charge in [0.25, 0.3) is 0 Å². The first-order valence-electron chi connectivity index (χ1n) is 14.9. The van der Waals surface area contributed by atoms with E-state index in [2.05, 4.69) is 138 Å². The highest BCUT2D eigenvalue weighted by molar-refractivity contribution is 5.76. The largest absolute Gasteiger partial charge is 0.355 e. The molecule has 214 valence electrons. The fourth-order valence-electron chi connectivity index (χ4n) is 5.34. The van der Waals surface area contributed by atoms with Crippen LogP contribution in [0.15, 0.2) is 168 Å². The lowest BCUT2D eigenvalue weighted by Crippen LogP contribution is -2.08. The number of nitrogens with zero attached hydrogens (tertiary/aromatic N) is 1. The summed E-state index contributed by atoms with van der Waals surface area (Å²) in [6, 6.07) is 36.7. The van der Waals surface area contributed by atoms with Crippen LogP contribution in [0.5, 0.6) is 0 Å². The van der Waals surface area contributed by atoms with Gasteiger partial charge in [-0.15, -0.1) is 0 Å². The van der Waals surface area contributed by atoms with Crippen molar-refractivity contribution in [2.75, 3.05) is 12.4 Å². The van der Waals surface area contributed by atoms with Crippen molar-refractivity contribution in [2.45, 2.75) is 25.7 Å². The van der Waals surface area contributed by atoms with Gasteiger partial charge in [0.2, 0.25) is 0 Å². The lowest BCUT2D eigenvalue weighted by atomic mass is 9.89. The van der Waals surface area contributed by atoms with E-state index in [1.807, 2.05) is 44.5 Å². The zero-order valence-electron chi connectivity index (χ0n) is 25.0. The molecule has 0 spiro atoms. The van der Waals surface area contributed by atoms with Gasteiger partial charge in [-0.1, -0.05) is 128 Å². The van der Waals surface area contributed by atoms with Gasteiger partial charge in [-0.05, 0) is 82.5 Å². The molecule has 0 saturated heterocycles. The maximum atomic E-state index is 4.42. The van der Waals surface area contributed by atoms with Crippen molar-refractivity contribution in [3.05, 3.63) is 174 Å². The highest BCUT2D eigenvalue weighted by atomic mass is 15.3. The fourth-order valence-corrected chi connectivity index (χ4v) is 5.34. The van der Waals surface area contributed by atoms with Crippen LogP contribution in [0.3, 0.4) is 0 Å². The molecule has 0 aromatic heterocycles. The minimum atomic E-state index is 0.00549. The third-order valence-corrected chi connectivity index (χ3v) is 7.63. The van der Waals surface area contributed by atoms with Crippen LogP contribution in [0.1, 0.15) is 36.8 Å². The van der Waals surface area contributed by atoms with Crippen LogP contribution in [-0.4, -0.2) is 13.3 Å². The van der Waals surface area contributed by atoms with E-state index in [9.17, 15) is 0 Å². The molecule has 4 aromatic carbocycles. The van der Waals surface area contributed by atoms with Crippen LogP contribution in [0.2, 0.25) is 0 Å². The number of hydrazone groups is 1. The van der Waals surface area contributed by atoms with Crippen molar-refractivity contribution in [3.63, 3.8) is 0 Å². The number of anilines is 1. The van der Waals surface area contributed by atoms with Crippen molar-refractivity contribution in [1.82, 2.24) is 5.43 Å². The number of rotatable bonds is 11. The average molecular weight is 562 g/mol. The Hall–Kier alpha value is -5.15. The summed E-state index contributed by atoms with van der Waals surface area (Å²) in [5.74, 6) is 0.00549. The van der Waals surface area contributed by atoms with Crippen molar-refractivity contribution in [1.29, 1.82) is 0 Å². The molecule has 0 heterocycles. The molecule has 1 unspecified atom stereocenters. The molecular weight excluding hydrogens is 522 g/mol. The van der Waals surface area contributed by atoms with Crippen LogP contribution in [0.4, 0.5) is 5.69 Å². The van der Waals surface area contributed by atoms with Gasteiger partial charge in [0, 0.05) is 30.6 Å². The molecule has 0 bridgehead atoms. The standard InChI is InChI=1S/C40H39N3/c1-4-5-7-13-30(2)38-18-10-11-19-40(38)43-37-26-24-34(25-27-37)39(29-42-41-3)36-17-12-16-35(28-36)33-22-20-32(21-23-33)31-14-8-6-9-15-31/h4-9,11-17,19-29,39,41,43H,2,10,18H2,1,3H3/b5-4-,13-7-,42-29-. The molecule has 5 rings (SSSR count). The van der Waals surface area contributed by atoms with Gasteiger partial charge >= 0.3 is 0 Å². The minimum Gasteiger partial charge on any atom is -0.355 e. The van der Waals surface area contributed by atoms with Crippen LogP contribution in [-0.2, 0) is 0 Å². The zero-order chi connectivity index (χ0) is 29.9. The molecule has 1 aliphatic rings. The summed E-state index contributed by atoms with van der Waals surface area (Å²) in [4.78, 5) is 0. The number of allylic oxidation sites excluding steroid dienone is 8. The van der Waals surface area contributed by atoms with Crippen molar-refractivity contribution < 1.29 is 0 Å². The third-order valence-electron chi connectivity index (χ3n) is 7.63. The van der Waals surface area contributed by atoms with E-state index in [0.717, 1.165) is 29.8 Å². The number of hydrogen-bond donors (Lipinski definition) is 2. The molecule has 2 N–H and O–H groups in total. The van der Waals surface area contributed by atoms with E-state index >= 15 is 0 Å². The Kier molecular flexibility index (Phi) is 10.0. The second-order valence-electron chi connectivity index (χ2n) is 10.5. The monoisotopic (exact) mass is 561 g/mol. The SMILES string of the molecule is C=C(/C=C\C=C/C)C1=C(Nc2ccc(C(/C=N\NC)c3cccc(-c4ccc(-c5ccccc5)cc4)c3)cc2)C=CCC1. The molecule has 0 saturated carbocycles. The number of hydrogen-bond acceptors (Lipinski definition) is 3. The van der Waals surface area contributed by atoms with Gasteiger partial charge in [0.15, 0.2) is 0 Å². The summed E-state index contributed by atoms with van der Waals surface area (Å²) in [5.41, 5.74) is 14.6. The first-order valence-corrected chi connectivity index (χ1v) is 14.9. The van der Waals surface area contributed by atoms with Crippen LogP contribution < -0.4 is 10.7 Å². The second kappa shape index (κ2) is 14.7. The molecule has 0 radical (unpaired) electrons. The van der Waals surface area contributed by atoms with Gasteiger partial charge in [-0.3, -0.25) is 0 Å². The molecule has 3 nitrogen and oxygen atoms in total. The Morgan fingerprint density at radius 2 is 1.49 bits per heavy atom.